The number of hydrogen-bond acceptors (Lipinski definition) is 8. The third-order valence-corrected chi connectivity index (χ3v) is 8.18. The third kappa shape index (κ3) is 5.36. The fourth-order valence-corrected chi connectivity index (χ4v) is 6.11. The predicted octanol–water partition coefficient (Wildman–Crippen LogP) is 4.60. The van der Waals surface area contributed by atoms with Crippen molar-refractivity contribution < 1.29 is 9.53 Å². The Balaban J connectivity index is 1.30. The van der Waals surface area contributed by atoms with Gasteiger partial charge in [0.2, 0.25) is 5.82 Å². The normalized spacial score (nSPS) is 16.2. The molecular weight excluding hydrogens is 504 g/mol. The Kier molecular flexibility index (Phi) is 7.59. The number of aromatic amines is 1. The molecule has 1 fully saturated rings. The molecule has 4 aromatic rings. The summed E-state index contributed by atoms with van der Waals surface area (Å²) in [6, 6.07) is 16.9. The number of ether oxygens (including phenoxy) is 1. The SMILES string of the molecule is COC(=O)CCN1Cc2c(nc(C3CCCCC3)n2Cc2ccc(-c3ccccc3-c3nn[nH]n3)cc2)N(C)C1. The average Bonchev–Trinajstić information content (AvgIpc) is 3.66. The van der Waals surface area contributed by atoms with Crippen LogP contribution in [0, 0.1) is 0 Å². The van der Waals surface area contributed by atoms with Gasteiger partial charge in [-0.25, -0.2) is 4.98 Å². The van der Waals surface area contributed by atoms with Crippen LogP contribution in [0.1, 0.15) is 61.5 Å². The number of esters is 1. The van der Waals surface area contributed by atoms with Gasteiger partial charge in [0.25, 0.3) is 0 Å². The van der Waals surface area contributed by atoms with Crippen LogP contribution in [0.15, 0.2) is 48.5 Å². The van der Waals surface area contributed by atoms with E-state index in [9.17, 15) is 4.79 Å². The number of fused-ring (bicyclic) bond motifs is 1. The first kappa shape index (κ1) is 26.2. The van der Waals surface area contributed by atoms with Gasteiger partial charge < -0.3 is 14.2 Å². The van der Waals surface area contributed by atoms with E-state index in [1.807, 2.05) is 18.2 Å². The summed E-state index contributed by atoms with van der Waals surface area (Å²) in [5.41, 5.74) is 5.58. The Labute approximate surface area is 234 Å². The predicted molar refractivity (Wildman–Crippen MR) is 153 cm³/mol. The molecule has 1 aliphatic heterocycles. The van der Waals surface area contributed by atoms with Gasteiger partial charge in [-0.05, 0) is 34.7 Å². The highest BCUT2D eigenvalue weighted by Gasteiger charge is 2.31. The molecule has 1 N–H and O–H groups in total. The van der Waals surface area contributed by atoms with E-state index in [-0.39, 0.29) is 5.97 Å². The molecule has 1 aliphatic carbocycles. The summed E-state index contributed by atoms with van der Waals surface area (Å²) in [4.78, 5) is 21.6. The third-order valence-electron chi connectivity index (χ3n) is 8.18. The first-order valence-corrected chi connectivity index (χ1v) is 14.1. The lowest BCUT2D eigenvalue weighted by molar-refractivity contribution is -0.141. The standard InChI is InChI=1S/C30H36N8O2/c1-36-20-37(17-16-27(39)40-2)19-26-30(36)31-29(23-8-4-3-5-9-23)38(26)18-21-12-14-22(15-13-21)24-10-6-7-11-25(24)28-32-34-35-33-28/h6-7,10-15,23H,3-5,8-9,16-20H2,1-2H3,(H,32,33,34,35). The smallest absolute Gasteiger partial charge is 0.306 e. The summed E-state index contributed by atoms with van der Waals surface area (Å²) < 4.78 is 7.34. The Morgan fingerprint density at radius 2 is 1.82 bits per heavy atom. The van der Waals surface area contributed by atoms with Crippen molar-refractivity contribution in [2.75, 3.05) is 32.3 Å². The van der Waals surface area contributed by atoms with Gasteiger partial charge in [0.1, 0.15) is 5.82 Å². The zero-order valence-corrected chi connectivity index (χ0v) is 23.2. The second kappa shape index (κ2) is 11.6. The van der Waals surface area contributed by atoms with Crippen molar-refractivity contribution >= 4 is 11.8 Å². The van der Waals surface area contributed by atoms with Crippen LogP contribution in [-0.4, -0.2) is 68.4 Å². The number of rotatable bonds is 8. The van der Waals surface area contributed by atoms with Gasteiger partial charge in [-0.15, -0.1) is 10.2 Å². The van der Waals surface area contributed by atoms with Gasteiger partial charge in [0.15, 0.2) is 5.82 Å². The average molecular weight is 541 g/mol. The second-order valence-electron chi connectivity index (χ2n) is 10.9. The lowest BCUT2D eigenvalue weighted by Gasteiger charge is -2.34. The van der Waals surface area contributed by atoms with Crippen molar-refractivity contribution in [1.82, 2.24) is 35.1 Å². The summed E-state index contributed by atoms with van der Waals surface area (Å²) in [6.07, 6.45) is 6.60. The van der Waals surface area contributed by atoms with Crippen LogP contribution >= 0.6 is 0 Å². The molecular formula is C30H36N8O2. The number of carbonyl (C=O) groups is 1. The lowest BCUT2D eigenvalue weighted by Crippen LogP contribution is -2.41. The number of nitrogens with zero attached hydrogens (tertiary/aromatic N) is 7. The van der Waals surface area contributed by atoms with E-state index in [0.717, 1.165) is 42.3 Å². The highest BCUT2D eigenvalue weighted by molar-refractivity contribution is 5.80. The largest absolute Gasteiger partial charge is 0.469 e. The van der Waals surface area contributed by atoms with Crippen LogP contribution in [0.25, 0.3) is 22.5 Å². The number of tetrazole rings is 1. The summed E-state index contributed by atoms with van der Waals surface area (Å²) in [5, 5.41) is 14.7. The molecule has 2 aliphatic rings. The van der Waals surface area contributed by atoms with Gasteiger partial charge in [-0.1, -0.05) is 67.8 Å². The van der Waals surface area contributed by atoms with E-state index in [1.54, 1.807) is 0 Å². The lowest BCUT2D eigenvalue weighted by atomic mass is 9.88. The van der Waals surface area contributed by atoms with E-state index >= 15 is 0 Å². The molecule has 1 saturated carbocycles. The molecule has 10 heteroatoms. The first-order valence-electron chi connectivity index (χ1n) is 14.1. The number of aromatic nitrogens is 6. The van der Waals surface area contributed by atoms with Crippen LogP contribution in [0.3, 0.4) is 0 Å². The Hall–Kier alpha value is -4.05. The number of H-pyrrole nitrogens is 1. The highest BCUT2D eigenvalue weighted by atomic mass is 16.5. The fraction of sp³-hybridized carbons (Fsp3) is 0.433. The van der Waals surface area contributed by atoms with Crippen molar-refractivity contribution in [2.24, 2.45) is 0 Å². The topological polar surface area (TPSA) is 105 Å². The molecule has 0 spiro atoms. The van der Waals surface area contributed by atoms with Gasteiger partial charge in [0, 0.05) is 38.2 Å². The molecule has 208 valence electrons. The van der Waals surface area contributed by atoms with Gasteiger partial charge in [-0.3, -0.25) is 9.69 Å². The molecule has 0 bridgehead atoms. The maximum absolute atomic E-state index is 11.8. The molecule has 3 heterocycles. The van der Waals surface area contributed by atoms with Crippen LogP contribution in [0.4, 0.5) is 5.82 Å². The van der Waals surface area contributed by atoms with E-state index in [1.165, 1.54) is 56.3 Å². The van der Waals surface area contributed by atoms with E-state index in [2.05, 4.69) is 72.4 Å². The molecule has 0 radical (unpaired) electrons. The van der Waals surface area contributed by atoms with Crippen molar-refractivity contribution in [3.05, 3.63) is 65.6 Å². The van der Waals surface area contributed by atoms with Crippen molar-refractivity contribution in [1.29, 1.82) is 0 Å². The molecule has 0 amide bonds. The number of nitrogens with one attached hydrogen (secondary N) is 1. The number of methoxy groups -OCH3 is 1. The van der Waals surface area contributed by atoms with Gasteiger partial charge in [-0.2, -0.15) is 5.21 Å². The van der Waals surface area contributed by atoms with Gasteiger partial charge >= 0.3 is 5.97 Å². The van der Waals surface area contributed by atoms with Crippen molar-refractivity contribution in [2.45, 2.75) is 57.5 Å². The number of anilines is 1. The van der Waals surface area contributed by atoms with Crippen molar-refractivity contribution in [3.8, 4) is 22.5 Å². The number of hydrogen-bond donors (Lipinski definition) is 1. The van der Waals surface area contributed by atoms with Gasteiger partial charge in [0.05, 0.1) is 25.9 Å². The zero-order chi connectivity index (χ0) is 27.5. The number of carbonyl (C=O) groups excluding carboxylic acids is 1. The molecule has 0 atom stereocenters. The van der Waals surface area contributed by atoms with E-state index in [4.69, 9.17) is 9.72 Å². The highest BCUT2D eigenvalue weighted by Crippen LogP contribution is 2.37. The molecule has 2 aromatic heterocycles. The molecule has 0 unspecified atom stereocenters. The summed E-state index contributed by atoms with van der Waals surface area (Å²) in [7, 11) is 3.55. The van der Waals surface area contributed by atoms with Crippen LogP contribution < -0.4 is 4.90 Å². The monoisotopic (exact) mass is 540 g/mol. The minimum absolute atomic E-state index is 0.175. The molecule has 2 aromatic carbocycles. The minimum Gasteiger partial charge on any atom is -0.469 e. The maximum Gasteiger partial charge on any atom is 0.306 e. The second-order valence-corrected chi connectivity index (χ2v) is 10.9. The molecule has 6 rings (SSSR count). The number of benzene rings is 2. The quantitative estimate of drug-likeness (QED) is 0.324. The first-order chi connectivity index (χ1) is 19.6. The Bertz CT molecular complexity index is 1440. The van der Waals surface area contributed by atoms with Crippen LogP contribution in [-0.2, 0) is 22.6 Å². The Morgan fingerprint density at radius 1 is 1.05 bits per heavy atom. The summed E-state index contributed by atoms with van der Waals surface area (Å²) in [6.45, 7) is 2.95. The maximum atomic E-state index is 11.8. The minimum atomic E-state index is -0.175. The van der Waals surface area contributed by atoms with E-state index < -0.39 is 0 Å². The number of imidazole rings is 1. The molecule has 0 saturated heterocycles. The zero-order valence-electron chi connectivity index (χ0n) is 23.2. The van der Waals surface area contributed by atoms with E-state index in [0.29, 0.717) is 24.7 Å². The van der Waals surface area contributed by atoms with Crippen LogP contribution in [0.2, 0.25) is 0 Å². The Morgan fingerprint density at radius 3 is 2.55 bits per heavy atom. The molecule has 40 heavy (non-hydrogen) atoms. The summed E-state index contributed by atoms with van der Waals surface area (Å²) in [5.74, 6) is 3.17. The van der Waals surface area contributed by atoms with Crippen LogP contribution in [0.5, 0.6) is 0 Å². The fourth-order valence-electron chi connectivity index (χ4n) is 6.11. The van der Waals surface area contributed by atoms with Crippen molar-refractivity contribution in [3.63, 3.8) is 0 Å². The molecule has 10 nitrogen and oxygen atoms in total. The summed E-state index contributed by atoms with van der Waals surface area (Å²) >= 11 is 0.